The lowest BCUT2D eigenvalue weighted by Crippen LogP contribution is -2.26. The first-order valence-electron chi connectivity index (χ1n) is 6.85. The van der Waals surface area contributed by atoms with E-state index in [-0.39, 0.29) is 5.91 Å². The number of benzene rings is 2. The molecule has 0 bridgehead atoms. The second-order valence-corrected chi connectivity index (χ2v) is 5.00. The molecule has 5 heteroatoms. The van der Waals surface area contributed by atoms with Crippen LogP contribution in [0, 0.1) is 11.6 Å². The molecular formula is C17H17F2NO2. The van der Waals surface area contributed by atoms with Crippen molar-refractivity contribution >= 4 is 5.91 Å². The van der Waals surface area contributed by atoms with Crippen molar-refractivity contribution < 1.29 is 18.3 Å². The number of methoxy groups -OCH3 is 1. The summed E-state index contributed by atoms with van der Waals surface area (Å²) in [4.78, 5) is 12.2. The quantitative estimate of drug-likeness (QED) is 0.916. The van der Waals surface area contributed by atoms with Gasteiger partial charge in [0.15, 0.2) is 11.6 Å². The smallest absolute Gasteiger partial charge is 0.251 e. The fourth-order valence-corrected chi connectivity index (χ4v) is 2.11. The van der Waals surface area contributed by atoms with Crippen LogP contribution in [-0.2, 0) is 11.3 Å². The predicted octanol–water partition coefficient (Wildman–Crippen LogP) is 3.60. The van der Waals surface area contributed by atoms with Gasteiger partial charge in [0.2, 0.25) is 0 Å². The van der Waals surface area contributed by atoms with Gasteiger partial charge >= 0.3 is 0 Å². The first-order chi connectivity index (χ1) is 10.5. The number of amides is 1. The van der Waals surface area contributed by atoms with Crippen molar-refractivity contribution in [3.63, 3.8) is 0 Å². The Hall–Kier alpha value is -2.27. The summed E-state index contributed by atoms with van der Waals surface area (Å²) in [5.74, 6) is -2.12. The number of carbonyl (C=O) groups is 1. The molecule has 0 unspecified atom stereocenters. The highest BCUT2D eigenvalue weighted by Crippen LogP contribution is 2.17. The van der Waals surface area contributed by atoms with Gasteiger partial charge in [-0.05, 0) is 42.3 Å². The zero-order valence-electron chi connectivity index (χ0n) is 12.4. The van der Waals surface area contributed by atoms with E-state index in [1.54, 1.807) is 32.2 Å². The van der Waals surface area contributed by atoms with Crippen LogP contribution in [0.4, 0.5) is 8.78 Å². The highest BCUT2D eigenvalue weighted by Gasteiger charge is 2.13. The molecule has 0 saturated carbocycles. The molecule has 22 heavy (non-hydrogen) atoms. The maximum Gasteiger partial charge on any atom is 0.251 e. The van der Waals surface area contributed by atoms with Crippen molar-refractivity contribution in [1.82, 2.24) is 5.32 Å². The van der Waals surface area contributed by atoms with Crippen molar-refractivity contribution in [1.29, 1.82) is 0 Å². The van der Waals surface area contributed by atoms with E-state index in [1.165, 1.54) is 6.07 Å². The van der Waals surface area contributed by atoms with E-state index in [4.69, 9.17) is 4.74 Å². The van der Waals surface area contributed by atoms with Crippen molar-refractivity contribution in [2.24, 2.45) is 0 Å². The second-order valence-electron chi connectivity index (χ2n) is 5.00. The summed E-state index contributed by atoms with van der Waals surface area (Å²) in [5, 5.41) is 2.76. The maximum absolute atomic E-state index is 13.2. The fourth-order valence-electron chi connectivity index (χ4n) is 2.11. The molecule has 2 aromatic carbocycles. The van der Waals surface area contributed by atoms with Crippen LogP contribution >= 0.6 is 0 Å². The van der Waals surface area contributed by atoms with Crippen LogP contribution in [0.15, 0.2) is 42.5 Å². The van der Waals surface area contributed by atoms with Gasteiger partial charge in [0.1, 0.15) is 0 Å². The molecule has 0 aliphatic heterocycles. The first kappa shape index (κ1) is 16.1. The molecule has 1 atom stereocenters. The summed E-state index contributed by atoms with van der Waals surface area (Å²) < 4.78 is 31.2. The molecular weight excluding hydrogens is 288 g/mol. The van der Waals surface area contributed by atoms with E-state index in [0.29, 0.717) is 17.7 Å². The Morgan fingerprint density at radius 2 is 1.95 bits per heavy atom. The normalized spacial score (nSPS) is 12.0. The molecule has 0 heterocycles. The van der Waals surface area contributed by atoms with Crippen LogP contribution in [0.2, 0.25) is 0 Å². The monoisotopic (exact) mass is 305 g/mol. The summed E-state index contributed by atoms with van der Waals surface area (Å²) in [5.41, 5.74) is 1.87. The van der Waals surface area contributed by atoms with Crippen LogP contribution in [0.25, 0.3) is 0 Å². The van der Waals surface area contributed by atoms with E-state index in [0.717, 1.165) is 17.7 Å². The first-order valence-corrected chi connectivity index (χ1v) is 6.85. The lowest BCUT2D eigenvalue weighted by molar-refractivity contribution is 0.0939. The maximum atomic E-state index is 13.2. The molecule has 1 N–H and O–H groups in total. The van der Waals surface area contributed by atoms with E-state index in [9.17, 15) is 13.6 Å². The van der Waals surface area contributed by atoms with Gasteiger partial charge in [0, 0.05) is 12.7 Å². The Morgan fingerprint density at radius 3 is 2.64 bits per heavy atom. The molecule has 0 spiro atoms. The molecule has 0 aliphatic carbocycles. The third-order valence-corrected chi connectivity index (χ3v) is 3.29. The highest BCUT2D eigenvalue weighted by molar-refractivity contribution is 5.94. The average Bonchev–Trinajstić information content (AvgIpc) is 2.50. The Balaban J connectivity index is 2.10. The molecule has 0 fully saturated rings. The van der Waals surface area contributed by atoms with Crippen LogP contribution < -0.4 is 5.32 Å². The topological polar surface area (TPSA) is 38.3 Å². The minimum absolute atomic E-state index is 0.282. The zero-order chi connectivity index (χ0) is 16.1. The standard InChI is InChI=1S/C17H17F2NO2/c1-11(13-6-7-15(18)16(19)9-13)20-17(21)14-5-3-4-12(8-14)10-22-2/h3-9,11H,10H2,1-2H3,(H,20,21)/t11-/m1/s1. The Morgan fingerprint density at radius 1 is 1.18 bits per heavy atom. The van der Waals surface area contributed by atoms with E-state index in [1.807, 2.05) is 6.07 Å². The summed E-state index contributed by atoms with van der Waals surface area (Å²) in [6, 6.07) is 10.2. The molecule has 2 aromatic rings. The molecule has 0 aliphatic rings. The predicted molar refractivity (Wildman–Crippen MR) is 79.4 cm³/mol. The molecule has 116 valence electrons. The second kappa shape index (κ2) is 7.13. The third kappa shape index (κ3) is 3.89. The van der Waals surface area contributed by atoms with Gasteiger partial charge < -0.3 is 10.1 Å². The van der Waals surface area contributed by atoms with Crippen molar-refractivity contribution in [2.75, 3.05) is 7.11 Å². The van der Waals surface area contributed by atoms with Gasteiger partial charge in [0.05, 0.1) is 12.6 Å². The number of hydrogen-bond acceptors (Lipinski definition) is 2. The molecule has 1 amide bonds. The minimum Gasteiger partial charge on any atom is -0.380 e. The Labute approximate surface area is 127 Å². The van der Waals surface area contributed by atoms with E-state index in [2.05, 4.69) is 5.32 Å². The largest absolute Gasteiger partial charge is 0.380 e. The number of hydrogen-bond donors (Lipinski definition) is 1. The number of rotatable bonds is 5. The Kier molecular flexibility index (Phi) is 5.22. The minimum atomic E-state index is -0.930. The van der Waals surface area contributed by atoms with E-state index >= 15 is 0 Å². The number of ether oxygens (including phenoxy) is 1. The summed E-state index contributed by atoms with van der Waals surface area (Å²) in [6.07, 6.45) is 0. The molecule has 3 nitrogen and oxygen atoms in total. The van der Waals surface area contributed by atoms with Gasteiger partial charge in [-0.3, -0.25) is 4.79 Å². The number of carbonyl (C=O) groups excluding carboxylic acids is 1. The summed E-state index contributed by atoms with van der Waals surface area (Å²) in [6.45, 7) is 2.13. The van der Waals surface area contributed by atoms with Gasteiger partial charge in [-0.2, -0.15) is 0 Å². The van der Waals surface area contributed by atoms with Crippen molar-refractivity contribution in [3.05, 3.63) is 70.8 Å². The molecule has 0 saturated heterocycles. The summed E-state index contributed by atoms with van der Waals surface area (Å²) in [7, 11) is 1.58. The van der Waals surface area contributed by atoms with Crippen molar-refractivity contribution in [3.8, 4) is 0 Å². The lowest BCUT2D eigenvalue weighted by atomic mass is 10.1. The van der Waals surface area contributed by atoms with Gasteiger partial charge in [-0.1, -0.05) is 18.2 Å². The van der Waals surface area contributed by atoms with Gasteiger partial charge in [-0.25, -0.2) is 8.78 Å². The van der Waals surface area contributed by atoms with Gasteiger partial charge in [0.25, 0.3) is 5.91 Å². The molecule has 0 aromatic heterocycles. The highest BCUT2D eigenvalue weighted by atomic mass is 19.2. The van der Waals surface area contributed by atoms with Crippen LogP contribution in [0.3, 0.4) is 0 Å². The SMILES string of the molecule is COCc1cccc(C(=O)N[C@H](C)c2ccc(F)c(F)c2)c1. The fraction of sp³-hybridized carbons (Fsp3) is 0.235. The van der Waals surface area contributed by atoms with E-state index < -0.39 is 17.7 Å². The molecule has 2 rings (SSSR count). The van der Waals surface area contributed by atoms with Gasteiger partial charge in [-0.15, -0.1) is 0 Å². The zero-order valence-corrected chi connectivity index (χ0v) is 12.4. The third-order valence-electron chi connectivity index (χ3n) is 3.29. The van der Waals surface area contributed by atoms with Crippen LogP contribution in [0.5, 0.6) is 0 Å². The number of halogens is 2. The number of nitrogens with one attached hydrogen (secondary N) is 1. The average molecular weight is 305 g/mol. The lowest BCUT2D eigenvalue weighted by Gasteiger charge is -2.15. The van der Waals surface area contributed by atoms with Crippen LogP contribution in [-0.4, -0.2) is 13.0 Å². The van der Waals surface area contributed by atoms with Crippen LogP contribution in [0.1, 0.15) is 34.5 Å². The van der Waals surface area contributed by atoms with Crippen molar-refractivity contribution in [2.45, 2.75) is 19.6 Å². The molecule has 0 radical (unpaired) electrons. The summed E-state index contributed by atoms with van der Waals surface area (Å²) >= 11 is 0. The Bertz CT molecular complexity index is 673.